The van der Waals surface area contributed by atoms with Gasteiger partial charge in [0.2, 0.25) is 0 Å². The van der Waals surface area contributed by atoms with E-state index in [1.807, 2.05) is 6.92 Å². The minimum atomic E-state index is -0.521. The number of nitrogens with zero attached hydrogens (tertiary/aromatic N) is 2. The molecule has 0 radical (unpaired) electrons. The first-order valence-corrected chi connectivity index (χ1v) is 7.67. The van der Waals surface area contributed by atoms with Gasteiger partial charge in [-0.2, -0.15) is 5.10 Å². The molecule has 1 saturated carbocycles. The molecule has 1 aromatic heterocycles. The van der Waals surface area contributed by atoms with Gasteiger partial charge in [-0.05, 0) is 38.0 Å². The summed E-state index contributed by atoms with van der Waals surface area (Å²) >= 11 is 0. The molecule has 1 aromatic rings. The maximum Gasteiger partial charge on any atom is 0.272 e. The normalized spacial score (nSPS) is 25.8. The molecule has 6 heteroatoms. The van der Waals surface area contributed by atoms with Gasteiger partial charge in [-0.25, -0.2) is 0 Å². The van der Waals surface area contributed by atoms with Crippen LogP contribution in [-0.4, -0.2) is 32.9 Å². The summed E-state index contributed by atoms with van der Waals surface area (Å²) in [4.78, 5) is 12.6. The van der Waals surface area contributed by atoms with E-state index in [0.717, 1.165) is 31.4 Å². The lowest BCUT2D eigenvalue weighted by molar-refractivity contribution is 0.0709. The highest BCUT2D eigenvalue weighted by Crippen LogP contribution is 2.32. The number of nitrogens with one attached hydrogen (secondary N) is 1. The van der Waals surface area contributed by atoms with Gasteiger partial charge in [-0.15, -0.1) is 0 Å². The van der Waals surface area contributed by atoms with Crippen LogP contribution in [0.25, 0.3) is 0 Å². The summed E-state index contributed by atoms with van der Waals surface area (Å²) in [5.41, 5.74) is 7.06. The van der Waals surface area contributed by atoms with Crippen molar-refractivity contribution in [1.29, 1.82) is 0 Å². The second kappa shape index (κ2) is 6.05. The van der Waals surface area contributed by atoms with Crippen molar-refractivity contribution < 1.29 is 9.90 Å². The number of hydrogen-bond acceptors (Lipinski definition) is 4. The van der Waals surface area contributed by atoms with E-state index in [4.69, 9.17) is 5.73 Å². The summed E-state index contributed by atoms with van der Waals surface area (Å²) in [6.45, 7) is 4.12. The number of aliphatic hydroxyl groups is 1. The second-order valence-corrected chi connectivity index (χ2v) is 6.26. The van der Waals surface area contributed by atoms with Gasteiger partial charge in [-0.1, -0.05) is 13.8 Å². The lowest BCUT2D eigenvalue weighted by atomic mass is 9.77. The van der Waals surface area contributed by atoms with Crippen LogP contribution in [-0.2, 0) is 13.5 Å². The van der Waals surface area contributed by atoms with E-state index in [1.165, 1.54) is 4.68 Å². The summed E-state index contributed by atoms with van der Waals surface area (Å²) in [5, 5.41) is 17.0. The first-order chi connectivity index (χ1) is 9.92. The molecule has 0 unspecified atom stereocenters. The van der Waals surface area contributed by atoms with E-state index in [-0.39, 0.29) is 12.5 Å². The van der Waals surface area contributed by atoms with Crippen LogP contribution in [0.5, 0.6) is 0 Å². The molecule has 0 spiro atoms. The molecule has 1 fully saturated rings. The Hall–Kier alpha value is -1.56. The van der Waals surface area contributed by atoms with Gasteiger partial charge in [0, 0.05) is 7.05 Å². The monoisotopic (exact) mass is 294 g/mol. The van der Waals surface area contributed by atoms with Gasteiger partial charge in [0.1, 0.15) is 5.69 Å². The van der Waals surface area contributed by atoms with Crippen LogP contribution in [0.4, 0.5) is 5.69 Å². The molecule has 1 amide bonds. The minimum absolute atomic E-state index is 0.0378. The number of nitrogens with two attached hydrogens (primary N) is 1. The van der Waals surface area contributed by atoms with E-state index in [9.17, 15) is 9.90 Å². The number of aryl methyl sites for hydroxylation is 2. The van der Waals surface area contributed by atoms with Crippen molar-refractivity contribution in [3.63, 3.8) is 0 Å². The Morgan fingerprint density at radius 1 is 1.52 bits per heavy atom. The molecule has 21 heavy (non-hydrogen) atoms. The van der Waals surface area contributed by atoms with Gasteiger partial charge < -0.3 is 16.2 Å². The Morgan fingerprint density at radius 3 is 2.62 bits per heavy atom. The average Bonchev–Trinajstić information content (AvgIpc) is 2.76. The van der Waals surface area contributed by atoms with Crippen LogP contribution in [0.2, 0.25) is 0 Å². The Labute approximate surface area is 125 Å². The Kier molecular flexibility index (Phi) is 4.56. The fourth-order valence-electron chi connectivity index (χ4n) is 3.06. The van der Waals surface area contributed by atoms with E-state index < -0.39 is 5.54 Å². The number of hydrogen-bond donors (Lipinski definition) is 3. The van der Waals surface area contributed by atoms with E-state index in [2.05, 4.69) is 17.3 Å². The molecule has 6 nitrogen and oxygen atoms in total. The van der Waals surface area contributed by atoms with Crippen LogP contribution >= 0.6 is 0 Å². The van der Waals surface area contributed by atoms with E-state index in [0.29, 0.717) is 23.7 Å². The largest absolute Gasteiger partial charge is 0.395 e. The number of anilines is 1. The Morgan fingerprint density at radius 2 is 2.14 bits per heavy atom. The molecule has 1 aliphatic rings. The Bertz CT molecular complexity index is 516. The SMILES string of the molecule is CCc1nn(C)c(C(=O)NC2(CO)CCC(C)CC2)c1N. The fourth-order valence-corrected chi connectivity index (χ4v) is 3.06. The van der Waals surface area contributed by atoms with Gasteiger partial charge in [0.05, 0.1) is 23.5 Å². The molecule has 0 atom stereocenters. The number of carbonyl (C=O) groups is 1. The van der Waals surface area contributed by atoms with Crippen molar-refractivity contribution in [1.82, 2.24) is 15.1 Å². The van der Waals surface area contributed by atoms with Crippen LogP contribution in [0, 0.1) is 5.92 Å². The number of aliphatic hydroxyl groups excluding tert-OH is 1. The minimum Gasteiger partial charge on any atom is -0.395 e. The maximum absolute atomic E-state index is 12.6. The highest BCUT2D eigenvalue weighted by atomic mass is 16.3. The molecule has 1 heterocycles. The van der Waals surface area contributed by atoms with Gasteiger partial charge in [0.15, 0.2) is 0 Å². The summed E-state index contributed by atoms with van der Waals surface area (Å²) in [7, 11) is 1.72. The summed E-state index contributed by atoms with van der Waals surface area (Å²) in [6, 6.07) is 0. The Balaban J connectivity index is 2.19. The van der Waals surface area contributed by atoms with Crippen LogP contribution < -0.4 is 11.1 Å². The zero-order chi connectivity index (χ0) is 15.6. The zero-order valence-electron chi connectivity index (χ0n) is 13.1. The number of rotatable bonds is 4. The van der Waals surface area contributed by atoms with Crippen molar-refractivity contribution in [2.45, 2.75) is 51.5 Å². The van der Waals surface area contributed by atoms with Gasteiger partial charge >= 0.3 is 0 Å². The van der Waals surface area contributed by atoms with Crippen molar-refractivity contribution in [2.24, 2.45) is 13.0 Å². The van der Waals surface area contributed by atoms with E-state index >= 15 is 0 Å². The van der Waals surface area contributed by atoms with Crippen molar-refractivity contribution in [2.75, 3.05) is 12.3 Å². The van der Waals surface area contributed by atoms with Crippen LogP contribution in [0.15, 0.2) is 0 Å². The molecule has 0 saturated heterocycles. The molecule has 0 bridgehead atoms. The van der Waals surface area contributed by atoms with Crippen molar-refractivity contribution in [3.8, 4) is 0 Å². The second-order valence-electron chi connectivity index (χ2n) is 6.26. The zero-order valence-corrected chi connectivity index (χ0v) is 13.1. The predicted octanol–water partition coefficient (Wildman–Crippen LogP) is 1.24. The quantitative estimate of drug-likeness (QED) is 0.779. The molecule has 1 aliphatic carbocycles. The van der Waals surface area contributed by atoms with Crippen molar-refractivity contribution >= 4 is 11.6 Å². The smallest absolute Gasteiger partial charge is 0.272 e. The van der Waals surface area contributed by atoms with Crippen molar-refractivity contribution in [3.05, 3.63) is 11.4 Å². The summed E-state index contributed by atoms with van der Waals surface area (Å²) in [6.07, 6.45) is 4.32. The third-order valence-corrected chi connectivity index (χ3v) is 4.62. The number of carbonyl (C=O) groups excluding carboxylic acids is 1. The number of amides is 1. The highest BCUT2D eigenvalue weighted by Gasteiger charge is 2.36. The third kappa shape index (κ3) is 3.05. The first kappa shape index (κ1) is 15.8. The molecule has 2 rings (SSSR count). The first-order valence-electron chi connectivity index (χ1n) is 7.67. The van der Waals surface area contributed by atoms with Gasteiger partial charge in [-0.3, -0.25) is 9.48 Å². The molecular formula is C15H26N4O2. The van der Waals surface area contributed by atoms with Gasteiger partial charge in [0.25, 0.3) is 5.91 Å². The standard InChI is InChI=1S/C15H26N4O2/c1-4-11-12(16)13(19(3)18-11)14(21)17-15(9-20)7-5-10(2)6-8-15/h10,20H,4-9,16H2,1-3H3,(H,17,21). The number of nitrogen functional groups attached to an aromatic ring is 1. The summed E-state index contributed by atoms with van der Waals surface area (Å²) in [5.74, 6) is 0.404. The van der Waals surface area contributed by atoms with E-state index in [1.54, 1.807) is 7.05 Å². The summed E-state index contributed by atoms with van der Waals surface area (Å²) < 4.78 is 1.53. The maximum atomic E-state index is 12.6. The molecule has 0 aromatic carbocycles. The van der Waals surface area contributed by atoms with Crippen LogP contribution in [0.3, 0.4) is 0 Å². The predicted molar refractivity (Wildman–Crippen MR) is 81.9 cm³/mol. The average molecular weight is 294 g/mol. The fraction of sp³-hybridized carbons (Fsp3) is 0.733. The lowest BCUT2D eigenvalue weighted by Gasteiger charge is -2.38. The number of aromatic nitrogens is 2. The van der Waals surface area contributed by atoms with Crippen LogP contribution in [0.1, 0.15) is 55.7 Å². The lowest BCUT2D eigenvalue weighted by Crippen LogP contribution is -2.53. The highest BCUT2D eigenvalue weighted by molar-refractivity contribution is 5.98. The third-order valence-electron chi connectivity index (χ3n) is 4.62. The topological polar surface area (TPSA) is 93.2 Å². The molecule has 4 N–H and O–H groups in total. The molecule has 0 aliphatic heterocycles. The molecular weight excluding hydrogens is 268 g/mol. The molecule has 118 valence electrons.